The number of hydrogen-bond donors (Lipinski definition) is 0. The van der Waals surface area contributed by atoms with Crippen molar-refractivity contribution < 1.29 is 4.74 Å². The molecule has 0 atom stereocenters. The molecule has 19 heavy (non-hydrogen) atoms. The summed E-state index contributed by atoms with van der Waals surface area (Å²) in [6, 6.07) is 5.99. The van der Waals surface area contributed by atoms with Crippen molar-refractivity contribution in [3.63, 3.8) is 0 Å². The molecule has 1 aromatic carbocycles. The topological polar surface area (TPSA) is 26.1 Å². The van der Waals surface area contributed by atoms with Gasteiger partial charge in [-0.1, -0.05) is 32.1 Å². The molecule has 0 N–H and O–H groups in total. The summed E-state index contributed by atoms with van der Waals surface area (Å²) in [5.74, 6) is 0. The molecule has 1 aliphatic carbocycles. The Morgan fingerprint density at radius 2 is 1.84 bits per heavy atom. The first-order valence-electron chi connectivity index (χ1n) is 6.91. The summed E-state index contributed by atoms with van der Waals surface area (Å²) in [7, 11) is 0. The lowest BCUT2D eigenvalue weighted by Gasteiger charge is -2.36. The third kappa shape index (κ3) is 1.66. The first kappa shape index (κ1) is 12.5. The molecule has 1 aromatic rings. The highest BCUT2D eigenvalue weighted by molar-refractivity contribution is 6.28. The fraction of sp³-hybridized carbons (Fsp3) is 0.471. The fourth-order valence-corrected chi connectivity index (χ4v) is 3.96. The lowest BCUT2D eigenvalue weighted by molar-refractivity contribution is -0.361. The van der Waals surface area contributed by atoms with Crippen molar-refractivity contribution in [3.05, 3.63) is 40.6 Å². The van der Waals surface area contributed by atoms with Gasteiger partial charge in [-0.15, -0.1) is 0 Å². The molecule has 100 valence electrons. The van der Waals surface area contributed by atoms with Crippen LogP contribution < -0.4 is 0 Å². The molecule has 2 heteroatoms. The van der Waals surface area contributed by atoms with Gasteiger partial charge in [-0.05, 0) is 38.2 Å². The predicted molar refractivity (Wildman–Crippen MR) is 79.6 cm³/mol. The van der Waals surface area contributed by atoms with Gasteiger partial charge in [0.1, 0.15) is 0 Å². The van der Waals surface area contributed by atoms with E-state index < -0.39 is 0 Å². The van der Waals surface area contributed by atoms with Crippen molar-refractivity contribution in [1.82, 2.24) is 0 Å². The zero-order chi connectivity index (χ0) is 14.0. The van der Waals surface area contributed by atoms with Crippen LogP contribution in [0, 0.1) is 23.0 Å². The highest BCUT2D eigenvalue weighted by atomic mass is 16.5. The predicted octanol–water partition coefficient (Wildman–Crippen LogP) is 4.43. The Balaban J connectivity index is 2.36. The van der Waals surface area contributed by atoms with Crippen LogP contribution in [-0.2, 0) is 0 Å². The number of aryl methyl sites for hydroxylation is 1. The SMILES string of the molecule is Cc1cccc2c1C1=CC(C)(C)CC(C)(C)C1=[N+]2[O-]. The van der Waals surface area contributed by atoms with Gasteiger partial charge in [0.15, 0.2) is 0 Å². The van der Waals surface area contributed by atoms with E-state index >= 15 is 0 Å². The van der Waals surface area contributed by atoms with E-state index in [2.05, 4.69) is 46.8 Å². The first-order valence-corrected chi connectivity index (χ1v) is 6.91. The van der Waals surface area contributed by atoms with Crippen LogP contribution in [0.15, 0.2) is 24.3 Å². The smallest absolute Gasteiger partial charge is 0.225 e. The van der Waals surface area contributed by atoms with E-state index in [0.717, 1.165) is 33.7 Å². The lowest BCUT2D eigenvalue weighted by atomic mass is 9.65. The van der Waals surface area contributed by atoms with Crippen molar-refractivity contribution in [3.8, 4) is 0 Å². The molecule has 2 aliphatic rings. The standard InChI is InChI=1S/C17H21NO/c1-11-7-6-8-13-14(11)12-9-16(2,3)10-17(4,5)15(12)18(13)19/h6-9H,10H2,1-5H3. The van der Waals surface area contributed by atoms with Crippen LogP contribution in [0.25, 0.3) is 5.57 Å². The Morgan fingerprint density at radius 3 is 2.53 bits per heavy atom. The molecule has 3 rings (SSSR count). The molecule has 0 saturated carbocycles. The second kappa shape index (κ2) is 3.50. The molecule has 0 unspecified atom stereocenters. The molecule has 0 aromatic heterocycles. The van der Waals surface area contributed by atoms with E-state index in [1.165, 1.54) is 5.56 Å². The van der Waals surface area contributed by atoms with E-state index in [0.29, 0.717) is 0 Å². The summed E-state index contributed by atoms with van der Waals surface area (Å²) >= 11 is 0. The number of nitrogens with zero attached hydrogens (tertiary/aromatic N) is 1. The highest BCUT2D eigenvalue weighted by Crippen LogP contribution is 2.51. The van der Waals surface area contributed by atoms with Gasteiger partial charge in [-0.2, -0.15) is 4.74 Å². The maximum atomic E-state index is 12.6. The average Bonchev–Trinajstić information content (AvgIpc) is 2.51. The van der Waals surface area contributed by atoms with Gasteiger partial charge < -0.3 is 5.21 Å². The van der Waals surface area contributed by atoms with Crippen LogP contribution >= 0.6 is 0 Å². The molecule has 0 bridgehead atoms. The number of rotatable bonds is 0. The Morgan fingerprint density at radius 1 is 1.16 bits per heavy atom. The van der Waals surface area contributed by atoms with Gasteiger partial charge in [-0.3, -0.25) is 0 Å². The van der Waals surface area contributed by atoms with Crippen molar-refractivity contribution in [2.75, 3.05) is 0 Å². The number of hydrogen-bond acceptors (Lipinski definition) is 1. The molecule has 1 heterocycles. The van der Waals surface area contributed by atoms with Gasteiger partial charge in [0.05, 0.1) is 16.6 Å². The largest absolute Gasteiger partial charge is 0.618 e. The number of fused-ring (bicyclic) bond motifs is 3. The molecule has 0 spiro atoms. The van der Waals surface area contributed by atoms with Gasteiger partial charge >= 0.3 is 0 Å². The highest BCUT2D eigenvalue weighted by Gasteiger charge is 2.48. The minimum atomic E-state index is -0.0825. The summed E-state index contributed by atoms with van der Waals surface area (Å²) < 4.78 is 1.16. The van der Waals surface area contributed by atoms with Crippen LogP contribution in [0.5, 0.6) is 0 Å². The Labute approximate surface area is 115 Å². The van der Waals surface area contributed by atoms with Gasteiger partial charge in [0.2, 0.25) is 11.4 Å². The van der Waals surface area contributed by atoms with Crippen LogP contribution in [0.1, 0.15) is 45.2 Å². The third-order valence-corrected chi connectivity index (χ3v) is 4.27. The van der Waals surface area contributed by atoms with E-state index in [1.807, 2.05) is 12.1 Å². The maximum Gasteiger partial charge on any atom is 0.225 e. The molecule has 0 fully saturated rings. The van der Waals surface area contributed by atoms with Gasteiger partial charge in [0, 0.05) is 6.07 Å². The van der Waals surface area contributed by atoms with E-state index in [1.54, 1.807) is 0 Å². The second-order valence-electron chi connectivity index (χ2n) is 7.22. The minimum absolute atomic E-state index is 0.0825. The van der Waals surface area contributed by atoms with Crippen molar-refractivity contribution in [2.24, 2.45) is 10.8 Å². The molecular weight excluding hydrogens is 234 g/mol. The zero-order valence-electron chi connectivity index (χ0n) is 12.4. The van der Waals surface area contributed by atoms with Gasteiger partial charge in [0.25, 0.3) is 0 Å². The normalized spacial score (nSPS) is 22.9. The Kier molecular flexibility index (Phi) is 2.30. The summed E-state index contributed by atoms with van der Waals surface area (Å²) in [6.45, 7) is 11.0. The average molecular weight is 255 g/mol. The molecule has 0 radical (unpaired) electrons. The van der Waals surface area contributed by atoms with Crippen LogP contribution in [0.3, 0.4) is 0 Å². The van der Waals surface area contributed by atoms with Crippen LogP contribution in [0.2, 0.25) is 0 Å². The van der Waals surface area contributed by atoms with Crippen molar-refractivity contribution in [1.29, 1.82) is 0 Å². The summed E-state index contributed by atoms with van der Waals surface area (Å²) in [6.07, 6.45) is 3.29. The lowest BCUT2D eigenvalue weighted by Crippen LogP contribution is -2.36. The summed E-state index contributed by atoms with van der Waals surface area (Å²) in [5.41, 5.74) is 5.28. The number of benzene rings is 1. The monoisotopic (exact) mass is 255 g/mol. The van der Waals surface area contributed by atoms with Crippen molar-refractivity contribution >= 4 is 17.0 Å². The molecule has 1 aliphatic heterocycles. The van der Waals surface area contributed by atoms with Crippen LogP contribution in [-0.4, -0.2) is 10.5 Å². The van der Waals surface area contributed by atoms with E-state index in [9.17, 15) is 5.21 Å². The summed E-state index contributed by atoms with van der Waals surface area (Å²) in [5, 5.41) is 12.6. The molecular formula is C17H21NO. The van der Waals surface area contributed by atoms with Crippen molar-refractivity contribution in [2.45, 2.75) is 41.0 Å². The Hall–Kier alpha value is -1.57. The first-order chi connectivity index (χ1) is 8.73. The Bertz CT molecular complexity index is 633. The van der Waals surface area contributed by atoms with Crippen LogP contribution in [0.4, 0.5) is 5.69 Å². The fourth-order valence-electron chi connectivity index (χ4n) is 3.96. The second-order valence-corrected chi connectivity index (χ2v) is 7.22. The zero-order valence-corrected chi connectivity index (χ0v) is 12.4. The molecule has 0 amide bonds. The quantitative estimate of drug-likeness (QED) is 0.497. The van der Waals surface area contributed by atoms with E-state index in [4.69, 9.17) is 0 Å². The summed E-state index contributed by atoms with van der Waals surface area (Å²) in [4.78, 5) is 0. The molecule has 2 nitrogen and oxygen atoms in total. The maximum absolute atomic E-state index is 12.6. The molecule has 0 saturated heterocycles. The van der Waals surface area contributed by atoms with E-state index in [-0.39, 0.29) is 10.8 Å². The minimum Gasteiger partial charge on any atom is -0.618 e. The van der Waals surface area contributed by atoms with Gasteiger partial charge in [-0.25, -0.2) is 0 Å². The number of allylic oxidation sites excluding steroid dienone is 2. The third-order valence-electron chi connectivity index (χ3n) is 4.27.